The summed E-state index contributed by atoms with van der Waals surface area (Å²) in [6.07, 6.45) is 1.27. The third kappa shape index (κ3) is 5.48. The third-order valence-corrected chi connectivity index (χ3v) is 2.85. The molecule has 0 heterocycles. The molecule has 0 aliphatic rings. The lowest BCUT2D eigenvalue weighted by atomic mass is 10.1. The zero-order valence-electron chi connectivity index (χ0n) is 12.4. The van der Waals surface area contributed by atoms with Gasteiger partial charge in [-0.05, 0) is 37.6 Å². The first-order valence-corrected chi connectivity index (χ1v) is 6.78. The smallest absolute Gasteiger partial charge is 0.307 e. The highest BCUT2D eigenvalue weighted by atomic mass is 16.5. The molecule has 0 spiro atoms. The minimum Gasteiger partial charge on any atom is -0.493 e. The molecule has 0 aliphatic heterocycles. The van der Waals surface area contributed by atoms with Crippen LogP contribution in [0.25, 0.3) is 0 Å². The van der Waals surface area contributed by atoms with Gasteiger partial charge in [0.25, 0.3) is 0 Å². The molecule has 0 aliphatic carbocycles. The first-order valence-electron chi connectivity index (χ1n) is 6.78. The van der Waals surface area contributed by atoms with Crippen molar-refractivity contribution in [3.05, 3.63) is 23.8 Å². The van der Waals surface area contributed by atoms with Crippen molar-refractivity contribution in [2.24, 2.45) is 0 Å². The summed E-state index contributed by atoms with van der Waals surface area (Å²) in [5.41, 5.74) is 1.16. The van der Waals surface area contributed by atoms with Crippen LogP contribution in [0, 0.1) is 0 Å². The zero-order chi connectivity index (χ0) is 14.8. The first-order chi connectivity index (χ1) is 9.71. The molecule has 1 aromatic rings. The maximum Gasteiger partial charge on any atom is 0.307 e. The summed E-state index contributed by atoms with van der Waals surface area (Å²) in [5.74, 6) is 1.30. The highest BCUT2D eigenvalue weighted by Gasteiger charge is 2.04. The monoisotopic (exact) mass is 281 g/mol. The van der Waals surface area contributed by atoms with Crippen LogP contribution in [0.2, 0.25) is 0 Å². The van der Waals surface area contributed by atoms with E-state index < -0.39 is 0 Å². The van der Waals surface area contributed by atoms with Gasteiger partial charge in [-0.2, -0.15) is 0 Å². The SMILES string of the molecule is CCOC(=O)CCNCCc1ccc(OC)c(OC)c1. The predicted molar refractivity (Wildman–Crippen MR) is 77.4 cm³/mol. The van der Waals surface area contributed by atoms with Crippen LogP contribution in [-0.4, -0.2) is 39.9 Å². The van der Waals surface area contributed by atoms with E-state index in [0.717, 1.165) is 30.0 Å². The molecule has 0 aromatic heterocycles. The quantitative estimate of drug-likeness (QED) is 0.552. The molecular formula is C15H23NO4. The van der Waals surface area contributed by atoms with Crippen molar-refractivity contribution in [2.45, 2.75) is 19.8 Å². The lowest BCUT2D eigenvalue weighted by Gasteiger charge is -2.10. The fourth-order valence-electron chi connectivity index (χ4n) is 1.82. The van der Waals surface area contributed by atoms with E-state index in [9.17, 15) is 4.79 Å². The highest BCUT2D eigenvalue weighted by Crippen LogP contribution is 2.27. The maximum atomic E-state index is 11.1. The molecule has 5 nitrogen and oxygen atoms in total. The van der Waals surface area contributed by atoms with Gasteiger partial charge >= 0.3 is 5.97 Å². The Bertz CT molecular complexity index is 420. The highest BCUT2D eigenvalue weighted by molar-refractivity contribution is 5.69. The number of esters is 1. The summed E-state index contributed by atoms with van der Waals surface area (Å²) in [4.78, 5) is 11.1. The van der Waals surface area contributed by atoms with Gasteiger partial charge in [0.2, 0.25) is 0 Å². The number of hydrogen-bond donors (Lipinski definition) is 1. The molecule has 112 valence electrons. The fraction of sp³-hybridized carbons (Fsp3) is 0.533. The molecule has 20 heavy (non-hydrogen) atoms. The van der Waals surface area contributed by atoms with Crippen LogP contribution < -0.4 is 14.8 Å². The molecule has 5 heteroatoms. The summed E-state index contributed by atoms with van der Waals surface area (Å²) < 4.78 is 15.3. The Balaban J connectivity index is 2.30. The van der Waals surface area contributed by atoms with Crippen LogP contribution in [0.15, 0.2) is 18.2 Å². The second-order valence-electron chi connectivity index (χ2n) is 4.24. The summed E-state index contributed by atoms with van der Waals surface area (Å²) in [6.45, 7) is 3.67. The van der Waals surface area contributed by atoms with Crippen molar-refractivity contribution in [1.82, 2.24) is 5.32 Å². The Morgan fingerprint density at radius 3 is 2.55 bits per heavy atom. The van der Waals surface area contributed by atoms with Gasteiger partial charge in [0.05, 0.1) is 27.2 Å². The van der Waals surface area contributed by atoms with Gasteiger partial charge in [-0.3, -0.25) is 4.79 Å². The van der Waals surface area contributed by atoms with Crippen molar-refractivity contribution >= 4 is 5.97 Å². The van der Waals surface area contributed by atoms with Crippen molar-refractivity contribution in [3.63, 3.8) is 0 Å². The molecular weight excluding hydrogens is 258 g/mol. The lowest BCUT2D eigenvalue weighted by Crippen LogP contribution is -2.21. The topological polar surface area (TPSA) is 56.8 Å². The molecule has 0 amide bonds. The Hall–Kier alpha value is -1.75. The van der Waals surface area contributed by atoms with Gasteiger partial charge in [-0.25, -0.2) is 0 Å². The molecule has 0 unspecified atom stereocenters. The molecule has 1 N–H and O–H groups in total. The average molecular weight is 281 g/mol. The van der Waals surface area contributed by atoms with E-state index in [4.69, 9.17) is 14.2 Å². The summed E-state index contributed by atoms with van der Waals surface area (Å²) in [5, 5.41) is 3.22. The Morgan fingerprint density at radius 1 is 1.15 bits per heavy atom. The van der Waals surface area contributed by atoms with Gasteiger partial charge in [0, 0.05) is 6.54 Å². The molecule has 0 saturated heterocycles. The molecule has 0 fully saturated rings. The second kappa shape index (κ2) is 9.20. The maximum absolute atomic E-state index is 11.1. The van der Waals surface area contributed by atoms with Crippen LogP contribution in [0.4, 0.5) is 0 Å². The number of hydrogen-bond acceptors (Lipinski definition) is 5. The standard InChI is InChI=1S/C15H23NO4/c1-4-20-15(17)8-10-16-9-7-12-5-6-13(18-2)14(11-12)19-3/h5-6,11,16H,4,7-10H2,1-3H3. The largest absolute Gasteiger partial charge is 0.493 e. The van der Waals surface area contributed by atoms with Crippen molar-refractivity contribution in [1.29, 1.82) is 0 Å². The van der Waals surface area contributed by atoms with Gasteiger partial charge in [-0.1, -0.05) is 6.07 Å². The van der Waals surface area contributed by atoms with Crippen molar-refractivity contribution < 1.29 is 19.0 Å². The molecule has 0 radical (unpaired) electrons. The lowest BCUT2D eigenvalue weighted by molar-refractivity contribution is -0.142. The number of carbonyl (C=O) groups is 1. The number of carbonyl (C=O) groups excluding carboxylic acids is 1. The minimum absolute atomic E-state index is 0.161. The van der Waals surface area contributed by atoms with E-state index in [2.05, 4.69) is 5.32 Å². The number of nitrogens with one attached hydrogen (secondary N) is 1. The summed E-state index contributed by atoms with van der Waals surface area (Å²) in [6, 6.07) is 5.87. The first kappa shape index (κ1) is 16.3. The van der Waals surface area contributed by atoms with E-state index in [1.807, 2.05) is 25.1 Å². The molecule has 0 bridgehead atoms. The van der Waals surface area contributed by atoms with Crippen molar-refractivity contribution in [3.8, 4) is 11.5 Å². The van der Waals surface area contributed by atoms with E-state index in [-0.39, 0.29) is 5.97 Å². The summed E-state index contributed by atoms with van der Waals surface area (Å²) in [7, 11) is 3.24. The van der Waals surface area contributed by atoms with E-state index in [1.165, 1.54) is 0 Å². The van der Waals surface area contributed by atoms with Gasteiger partial charge in [0.1, 0.15) is 0 Å². The van der Waals surface area contributed by atoms with Gasteiger partial charge in [-0.15, -0.1) is 0 Å². The zero-order valence-corrected chi connectivity index (χ0v) is 12.4. The molecule has 1 rings (SSSR count). The number of methoxy groups -OCH3 is 2. The Labute approximate surface area is 120 Å². The van der Waals surface area contributed by atoms with Crippen LogP contribution in [0.5, 0.6) is 11.5 Å². The second-order valence-corrected chi connectivity index (χ2v) is 4.24. The minimum atomic E-state index is -0.161. The van der Waals surface area contributed by atoms with Crippen LogP contribution in [0.3, 0.4) is 0 Å². The molecule has 1 aromatic carbocycles. The number of ether oxygens (including phenoxy) is 3. The van der Waals surface area contributed by atoms with Crippen LogP contribution >= 0.6 is 0 Å². The summed E-state index contributed by atoms with van der Waals surface area (Å²) >= 11 is 0. The molecule has 0 atom stereocenters. The average Bonchev–Trinajstić information content (AvgIpc) is 2.47. The fourth-order valence-corrected chi connectivity index (χ4v) is 1.82. The Kier molecular flexibility index (Phi) is 7.50. The number of benzene rings is 1. The molecule has 0 saturated carbocycles. The Morgan fingerprint density at radius 2 is 1.90 bits per heavy atom. The van der Waals surface area contributed by atoms with Crippen LogP contribution in [-0.2, 0) is 16.0 Å². The number of rotatable bonds is 9. The van der Waals surface area contributed by atoms with E-state index in [0.29, 0.717) is 19.6 Å². The van der Waals surface area contributed by atoms with E-state index >= 15 is 0 Å². The van der Waals surface area contributed by atoms with Crippen LogP contribution in [0.1, 0.15) is 18.9 Å². The third-order valence-electron chi connectivity index (χ3n) is 2.85. The normalized spacial score (nSPS) is 10.2. The van der Waals surface area contributed by atoms with Gasteiger partial charge in [0.15, 0.2) is 11.5 Å². The predicted octanol–water partition coefficient (Wildman–Crippen LogP) is 1.79. The van der Waals surface area contributed by atoms with Gasteiger partial charge < -0.3 is 19.5 Å². The van der Waals surface area contributed by atoms with E-state index in [1.54, 1.807) is 14.2 Å². The van der Waals surface area contributed by atoms with Crippen molar-refractivity contribution in [2.75, 3.05) is 33.9 Å².